The predicted molar refractivity (Wildman–Crippen MR) is 171 cm³/mol. The summed E-state index contributed by atoms with van der Waals surface area (Å²) in [5.74, 6) is -0.260. The summed E-state index contributed by atoms with van der Waals surface area (Å²) in [6.07, 6.45) is 3.55. The van der Waals surface area contributed by atoms with Gasteiger partial charge < -0.3 is 23.7 Å². The van der Waals surface area contributed by atoms with Crippen molar-refractivity contribution < 1.29 is 27.8 Å². The Morgan fingerprint density at radius 1 is 1.07 bits per heavy atom. The Bertz CT molecular complexity index is 1620. The van der Waals surface area contributed by atoms with E-state index >= 15 is 4.39 Å². The summed E-state index contributed by atoms with van der Waals surface area (Å²) in [5.41, 5.74) is 2.00. The van der Waals surface area contributed by atoms with E-state index in [0.29, 0.717) is 61.8 Å². The van der Waals surface area contributed by atoms with Gasteiger partial charge >= 0.3 is 6.09 Å². The van der Waals surface area contributed by atoms with Crippen molar-refractivity contribution in [1.82, 2.24) is 24.1 Å². The van der Waals surface area contributed by atoms with Gasteiger partial charge in [-0.1, -0.05) is 6.07 Å². The van der Waals surface area contributed by atoms with Crippen LogP contribution in [0.1, 0.15) is 75.1 Å². The first kappa shape index (κ1) is 32.4. The Balaban J connectivity index is 1.22. The van der Waals surface area contributed by atoms with Gasteiger partial charge in [-0.15, -0.1) is 0 Å². The summed E-state index contributed by atoms with van der Waals surface area (Å²) in [6, 6.07) is 6.30. The molecule has 0 aliphatic carbocycles. The third kappa shape index (κ3) is 6.36. The second kappa shape index (κ2) is 12.6. The molecular formula is C35H45F2N5O4. The number of carbonyl (C=O) groups is 2. The number of benzene rings is 1. The highest BCUT2D eigenvalue weighted by atomic mass is 19.1. The number of amides is 2. The number of hydrogen-bond acceptors (Lipinski definition) is 6. The highest BCUT2D eigenvalue weighted by Crippen LogP contribution is 2.38. The van der Waals surface area contributed by atoms with E-state index in [1.807, 2.05) is 44.9 Å². The number of pyridine rings is 1. The average Bonchev–Trinajstić information content (AvgIpc) is 3.27. The number of rotatable bonds is 5. The average molecular weight is 638 g/mol. The maximum atomic E-state index is 15.4. The van der Waals surface area contributed by atoms with Crippen LogP contribution in [0.25, 0.3) is 16.6 Å². The molecule has 3 aliphatic heterocycles. The number of aryl methyl sites for hydroxylation is 1. The van der Waals surface area contributed by atoms with Crippen LogP contribution in [-0.2, 0) is 9.47 Å². The minimum atomic E-state index is -0.622. The van der Waals surface area contributed by atoms with Crippen LogP contribution in [0.4, 0.5) is 13.6 Å². The number of carbonyl (C=O) groups excluding carboxylic acids is 2. The molecule has 46 heavy (non-hydrogen) atoms. The Morgan fingerprint density at radius 3 is 2.46 bits per heavy atom. The zero-order chi connectivity index (χ0) is 32.9. The Morgan fingerprint density at radius 2 is 1.78 bits per heavy atom. The molecule has 0 N–H and O–H groups in total. The van der Waals surface area contributed by atoms with Crippen molar-refractivity contribution in [3.05, 3.63) is 59.2 Å². The molecule has 3 aliphatic rings. The van der Waals surface area contributed by atoms with Gasteiger partial charge in [0.15, 0.2) is 0 Å². The quantitative estimate of drug-likeness (QED) is 0.348. The molecule has 0 saturated carbocycles. The van der Waals surface area contributed by atoms with Gasteiger partial charge in [-0.05, 0) is 89.6 Å². The lowest BCUT2D eigenvalue weighted by Crippen LogP contribution is -2.54. The molecule has 0 bridgehead atoms. The maximum absolute atomic E-state index is 15.4. The van der Waals surface area contributed by atoms with Gasteiger partial charge in [0.2, 0.25) is 5.95 Å². The van der Waals surface area contributed by atoms with E-state index < -0.39 is 17.4 Å². The molecule has 5 heterocycles. The maximum Gasteiger partial charge on any atom is 0.410 e. The lowest BCUT2D eigenvalue weighted by molar-refractivity contribution is 0.00359. The molecule has 0 spiro atoms. The van der Waals surface area contributed by atoms with Crippen molar-refractivity contribution in [1.29, 1.82) is 0 Å². The summed E-state index contributed by atoms with van der Waals surface area (Å²) < 4.78 is 42.9. The number of ether oxygens (including phenoxy) is 2. The number of fused-ring (bicyclic) bond motifs is 1. The van der Waals surface area contributed by atoms with Gasteiger partial charge in [0.25, 0.3) is 5.91 Å². The van der Waals surface area contributed by atoms with Crippen LogP contribution in [0.3, 0.4) is 0 Å². The number of nitrogens with zero attached hydrogens (tertiary/aromatic N) is 5. The number of likely N-dealkylation sites (tertiary alicyclic amines) is 2. The van der Waals surface area contributed by atoms with E-state index in [1.54, 1.807) is 22.3 Å². The molecule has 9 nitrogen and oxygen atoms in total. The van der Waals surface area contributed by atoms with E-state index in [1.165, 1.54) is 12.1 Å². The number of aromatic nitrogens is 2. The number of morpholine rings is 1. The van der Waals surface area contributed by atoms with E-state index in [0.717, 1.165) is 31.5 Å². The Labute approximate surface area is 269 Å². The summed E-state index contributed by atoms with van der Waals surface area (Å²) in [6.45, 7) is 15.9. The van der Waals surface area contributed by atoms with E-state index in [2.05, 4.69) is 16.8 Å². The van der Waals surface area contributed by atoms with Crippen molar-refractivity contribution in [2.45, 2.75) is 78.0 Å². The van der Waals surface area contributed by atoms with Crippen LogP contribution in [0.15, 0.2) is 30.5 Å². The minimum Gasteiger partial charge on any atom is -0.444 e. The van der Waals surface area contributed by atoms with E-state index in [4.69, 9.17) is 9.47 Å². The molecule has 2 amide bonds. The van der Waals surface area contributed by atoms with Crippen molar-refractivity contribution in [3.8, 4) is 11.1 Å². The fourth-order valence-electron chi connectivity index (χ4n) is 7.12. The molecular weight excluding hydrogens is 592 g/mol. The van der Waals surface area contributed by atoms with Crippen LogP contribution in [0.2, 0.25) is 0 Å². The number of piperidine rings is 1. The zero-order valence-corrected chi connectivity index (χ0v) is 27.7. The van der Waals surface area contributed by atoms with Gasteiger partial charge in [-0.3, -0.25) is 9.69 Å². The van der Waals surface area contributed by atoms with Crippen molar-refractivity contribution in [2.24, 2.45) is 5.92 Å². The molecule has 3 saturated heterocycles. The molecule has 11 heteroatoms. The van der Waals surface area contributed by atoms with Crippen LogP contribution in [0.5, 0.6) is 0 Å². The molecule has 0 unspecified atom stereocenters. The summed E-state index contributed by atoms with van der Waals surface area (Å²) in [4.78, 5) is 36.4. The molecule has 2 atom stereocenters. The van der Waals surface area contributed by atoms with Crippen LogP contribution in [0, 0.1) is 24.6 Å². The minimum absolute atomic E-state index is 0.162. The fourth-order valence-corrected chi connectivity index (χ4v) is 7.12. The topological polar surface area (TPSA) is 79.6 Å². The Kier molecular flexibility index (Phi) is 8.84. The number of halogens is 2. The van der Waals surface area contributed by atoms with E-state index in [-0.39, 0.29) is 35.0 Å². The number of hydrogen-bond donors (Lipinski definition) is 0. The lowest BCUT2D eigenvalue weighted by atomic mass is 9.83. The van der Waals surface area contributed by atoms with Gasteiger partial charge in [0, 0.05) is 56.4 Å². The zero-order valence-electron chi connectivity index (χ0n) is 27.7. The first-order valence-electron chi connectivity index (χ1n) is 16.4. The second-order valence-corrected chi connectivity index (χ2v) is 14.2. The van der Waals surface area contributed by atoms with Crippen LogP contribution in [-0.4, -0.2) is 99.7 Å². The van der Waals surface area contributed by atoms with Gasteiger partial charge in [-0.2, -0.15) is 4.39 Å². The summed E-state index contributed by atoms with van der Waals surface area (Å²) >= 11 is 0. The summed E-state index contributed by atoms with van der Waals surface area (Å²) in [5, 5.41) is 0. The van der Waals surface area contributed by atoms with Crippen LogP contribution < -0.4 is 0 Å². The molecule has 3 aromatic rings. The van der Waals surface area contributed by atoms with Crippen molar-refractivity contribution in [2.75, 3.05) is 45.9 Å². The molecule has 248 valence electrons. The third-order valence-electron chi connectivity index (χ3n) is 9.85. The Hall–Kier alpha value is -3.57. The molecule has 1 aromatic carbocycles. The SMILES string of the molecule is Cc1nc(F)c2c(-c3ccc(F)cc3C(=O)N3CCOC[C@H]3C)cc(C3CN([C@H](C)C4CCN(C(=O)OC(C)(C)C)CC4)C3)cn12. The standard InChI is InChI=1S/C35H45F2N5O4/c1-21-20-45-14-13-41(21)33(43)30-16-27(36)7-8-28(30)29-15-25(19-42-23(3)38-32(37)31(29)42)26-17-40(18-26)22(2)24-9-11-39(12-10-24)34(44)46-35(4,5)6/h7-8,15-16,19,21-22,24,26H,9-14,17-18,20H2,1-6H3/t21-,22-/m1/s1. The molecule has 3 fully saturated rings. The number of imidazole rings is 1. The monoisotopic (exact) mass is 637 g/mol. The predicted octanol–water partition coefficient (Wildman–Crippen LogP) is 5.88. The molecule has 6 rings (SSSR count). The second-order valence-electron chi connectivity index (χ2n) is 14.2. The van der Waals surface area contributed by atoms with Gasteiger partial charge in [-0.25, -0.2) is 14.2 Å². The summed E-state index contributed by atoms with van der Waals surface area (Å²) in [7, 11) is 0. The largest absolute Gasteiger partial charge is 0.444 e. The van der Waals surface area contributed by atoms with Gasteiger partial charge in [0.1, 0.15) is 22.8 Å². The van der Waals surface area contributed by atoms with Crippen LogP contribution >= 0.6 is 0 Å². The van der Waals surface area contributed by atoms with E-state index in [9.17, 15) is 14.0 Å². The van der Waals surface area contributed by atoms with Crippen molar-refractivity contribution >= 4 is 17.5 Å². The smallest absolute Gasteiger partial charge is 0.410 e. The lowest BCUT2D eigenvalue weighted by Gasteiger charge is -2.47. The first-order chi connectivity index (χ1) is 21.8. The third-order valence-corrected chi connectivity index (χ3v) is 9.85. The molecule has 0 radical (unpaired) electrons. The van der Waals surface area contributed by atoms with Crippen molar-refractivity contribution in [3.63, 3.8) is 0 Å². The first-order valence-corrected chi connectivity index (χ1v) is 16.4. The normalized spacial score (nSPS) is 21.0. The highest BCUT2D eigenvalue weighted by molar-refractivity contribution is 6.03. The fraction of sp³-hybridized carbons (Fsp3) is 0.571. The highest BCUT2D eigenvalue weighted by Gasteiger charge is 2.38. The van der Waals surface area contributed by atoms with Gasteiger partial charge in [0.05, 0.1) is 24.8 Å². The molecule has 2 aromatic heterocycles.